The molecule has 3 aromatic heterocycles. The Morgan fingerprint density at radius 3 is 2.80 bits per heavy atom. The average molecular weight is 330 g/mol. The Balaban J connectivity index is 1.62. The number of fused-ring (bicyclic) bond motifs is 1. The summed E-state index contributed by atoms with van der Waals surface area (Å²) < 4.78 is 8.06. The lowest BCUT2D eigenvalue weighted by atomic mass is 10.1. The van der Waals surface area contributed by atoms with Gasteiger partial charge in [0.1, 0.15) is 17.7 Å². The Morgan fingerprint density at radius 1 is 1.00 bits per heavy atom. The number of ether oxygens (including phenoxy) is 1. The summed E-state index contributed by atoms with van der Waals surface area (Å²) >= 11 is 0. The molecule has 0 aliphatic heterocycles. The molecular formula is C20H18N4O. The standard InChI is InChI=1S/C20H18N4O/c1-15(25-16-5-4-9-21-13-16)14-24-12-11-23-20(24)18-8-10-22-19-7-3-2-6-17(18)19/h2-13,15H,14H2,1H3/t15-/m0/s1. The van der Waals surface area contributed by atoms with Gasteiger partial charge in [-0.3, -0.25) is 9.97 Å². The van der Waals surface area contributed by atoms with Crippen molar-refractivity contribution in [2.24, 2.45) is 0 Å². The molecule has 0 aliphatic carbocycles. The molecule has 5 heteroatoms. The maximum Gasteiger partial charge on any atom is 0.140 e. The van der Waals surface area contributed by atoms with Gasteiger partial charge in [-0.2, -0.15) is 0 Å². The minimum absolute atomic E-state index is 0.00903. The van der Waals surface area contributed by atoms with Gasteiger partial charge < -0.3 is 9.30 Å². The van der Waals surface area contributed by atoms with Crippen LogP contribution in [0.4, 0.5) is 0 Å². The monoisotopic (exact) mass is 330 g/mol. The minimum Gasteiger partial charge on any atom is -0.487 e. The first kappa shape index (κ1) is 15.3. The predicted octanol–water partition coefficient (Wildman–Crippen LogP) is 3.96. The zero-order valence-corrected chi connectivity index (χ0v) is 13.9. The lowest BCUT2D eigenvalue weighted by molar-refractivity contribution is 0.199. The van der Waals surface area contributed by atoms with Crippen LogP contribution in [0.25, 0.3) is 22.3 Å². The summed E-state index contributed by atoms with van der Waals surface area (Å²) in [7, 11) is 0. The second-order valence-electron chi connectivity index (χ2n) is 5.90. The van der Waals surface area contributed by atoms with E-state index in [9.17, 15) is 0 Å². The molecule has 0 saturated carbocycles. The summed E-state index contributed by atoms with van der Waals surface area (Å²) in [5, 5.41) is 1.10. The highest BCUT2D eigenvalue weighted by molar-refractivity contribution is 5.92. The number of para-hydroxylation sites is 1. The normalized spacial score (nSPS) is 12.2. The summed E-state index contributed by atoms with van der Waals surface area (Å²) in [5.74, 6) is 1.69. The fourth-order valence-corrected chi connectivity index (χ4v) is 2.95. The van der Waals surface area contributed by atoms with Gasteiger partial charge in [0.2, 0.25) is 0 Å². The van der Waals surface area contributed by atoms with Gasteiger partial charge in [-0.05, 0) is 31.2 Å². The summed E-state index contributed by atoms with van der Waals surface area (Å²) in [6, 6.07) is 13.9. The van der Waals surface area contributed by atoms with E-state index in [2.05, 4.69) is 25.6 Å². The average Bonchev–Trinajstić information content (AvgIpc) is 3.09. The molecule has 0 fully saturated rings. The fraction of sp³-hybridized carbons (Fsp3) is 0.150. The van der Waals surface area contributed by atoms with E-state index in [1.807, 2.05) is 61.9 Å². The predicted molar refractivity (Wildman–Crippen MR) is 97.3 cm³/mol. The highest BCUT2D eigenvalue weighted by Crippen LogP contribution is 2.26. The Bertz CT molecular complexity index is 976. The number of nitrogens with zero attached hydrogens (tertiary/aromatic N) is 4. The molecule has 4 rings (SSSR count). The summed E-state index contributed by atoms with van der Waals surface area (Å²) in [6.45, 7) is 2.74. The maximum absolute atomic E-state index is 5.94. The Labute approximate surface area is 146 Å². The van der Waals surface area contributed by atoms with E-state index in [1.165, 1.54) is 0 Å². The van der Waals surface area contributed by atoms with Crippen LogP contribution < -0.4 is 4.74 Å². The van der Waals surface area contributed by atoms with E-state index >= 15 is 0 Å². The van der Waals surface area contributed by atoms with Crippen molar-refractivity contribution in [2.45, 2.75) is 19.6 Å². The van der Waals surface area contributed by atoms with Crippen molar-refractivity contribution in [3.8, 4) is 17.1 Å². The van der Waals surface area contributed by atoms with Gasteiger partial charge in [-0.15, -0.1) is 0 Å². The molecule has 25 heavy (non-hydrogen) atoms. The summed E-state index contributed by atoms with van der Waals surface area (Å²) in [6.07, 6.45) is 9.08. The molecule has 0 N–H and O–H groups in total. The van der Waals surface area contributed by atoms with Crippen molar-refractivity contribution in [1.29, 1.82) is 0 Å². The first-order chi connectivity index (χ1) is 12.3. The minimum atomic E-state index is -0.00903. The van der Waals surface area contributed by atoms with Crippen LogP contribution in [-0.4, -0.2) is 25.6 Å². The van der Waals surface area contributed by atoms with Crippen molar-refractivity contribution < 1.29 is 4.74 Å². The third-order valence-corrected chi connectivity index (χ3v) is 4.03. The molecule has 4 aromatic rings. The van der Waals surface area contributed by atoms with Crippen molar-refractivity contribution in [3.05, 3.63) is 73.4 Å². The molecule has 0 aliphatic rings. The van der Waals surface area contributed by atoms with Crippen LogP contribution in [-0.2, 0) is 6.54 Å². The van der Waals surface area contributed by atoms with Gasteiger partial charge in [0.25, 0.3) is 0 Å². The molecule has 0 radical (unpaired) electrons. The largest absolute Gasteiger partial charge is 0.487 e. The van der Waals surface area contributed by atoms with E-state index in [-0.39, 0.29) is 6.10 Å². The zero-order valence-electron chi connectivity index (χ0n) is 13.9. The Hall–Kier alpha value is -3.21. The van der Waals surface area contributed by atoms with E-state index < -0.39 is 0 Å². The lowest BCUT2D eigenvalue weighted by Crippen LogP contribution is -2.19. The number of aromatic nitrogens is 4. The van der Waals surface area contributed by atoms with E-state index in [4.69, 9.17) is 4.74 Å². The number of rotatable bonds is 5. The zero-order chi connectivity index (χ0) is 17.1. The molecule has 0 saturated heterocycles. The second kappa shape index (κ2) is 6.73. The van der Waals surface area contributed by atoms with Crippen LogP contribution in [0.15, 0.2) is 73.4 Å². The molecule has 5 nitrogen and oxygen atoms in total. The molecule has 0 bridgehead atoms. The van der Waals surface area contributed by atoms with Gasteiger partial charge in [0.15, 0.2) is 0 Å². The molecule has 1 aromatic carbocycles. The molecule has 124 valence electrons. The van der Waals surface area contributed by atoms with Crippen molar-refractivity contribution in [3.63, 3.8) is 0 Å². The van der Waals surface area contributed by atoms with Crippen LogP contribution in [0.2, 0.25) is 0 Å². The third-order valence-electron chi connectivity index (χ3n) is 4.03. The fourth-order valence-electron chi connectivity index (χ4n) is 2.95. The smallest absolute Gasteiger partial charge is 0.140 e. The van der Waals surface area contributed by atoms with E-state index in [0.29, 0.717) is 6.54 Å². The quantitative estimate of drug-likeness (QED) is 0.556. The summed E-state index contributed by atoms with van der Waals surface area (Å²) in [4.78, 5) is 13.1. The van der Waals surface area contributed by atoms with Gasteiger partial charge in [0, 0.05) is 35.7 Å². The molecular weight excluding hydrogens is 312 g/mol. The number of benzene rings is 1. The molecule has 0 unspecified atom stereocenters. The number of hydrogen-bond donors (Lipinski definition) is 0. The maximum atomic E-state index is 5.94. The molecule has 0 amide bonds. The third kappa shape index (κ3) is 3.21. The highest BCUT2D eigenvalue weighted by Gasteiger charge is 2.13. The van der Waals surface area contributed by atoms with E-state index in [1.54, 1.807) is 12.4 Å². The van der Waals surface area contributed by atoms with Crippen LogP contribution in [0, 0.1) is 0 Å². The highest BCUT2D eigenvalue weighted by atomic mass is 16.5. The molecule has 0 spiro atoms. The van der Waals surface area contributed by atoms with Crippen molar-refractivity contribution in [1.82, 2.24) is 19.5 Å². The van der Waals surface area contributed by atoms with E-state index in [0.717, 1.165) is 28.0 Å². The van der Waals surface area contributed by atoms with Crippen LogP contribution in [0.3, 0.4) is 0 Å². The Morgan fingerprint density at radius 2 is 1.92 bits per heavy atom. The van der Waals surface area contributed by atoms with Crippen LogP contribution in [0.1, 0.15) is 6.92 Å². The lowest BCUT2D eigenvalue weighted by Gasteiger charge is -2.17. The van der Waals surface area contributed by atoms with Gasteiger partial charge in [-0.1, -0.05) is 18.2 Å². The van der Waals surface area contributed by atoms with Crippen molar-refractivity contribution >= 4 is 10.9 Å². The van der Waals surface area contributed by atoms with Crippen molar-refractivity contribution in [2.75, 3.05) is 0 Å². The molecule has 1 atom stereocenters. The first-order valence-corrected chi connectivity index (χ1v) is 8.23. The van der Waals surface area contributed by atoms with Gasteiger partial charge >= 0.3 is 0 Å². The number of pyridine rings is 2. The Kier molecular flexibility index (Phi) is 4.12. The van der Waals surface area contributed by atoms with Gasteiger partial charge in [-0.25, -0.2) is 4.98 Å². The van der Waals surface area contributed by atoms with Crippen LogP contribution in [0.5, 0.6) is 5.75 Å². The second-order valence-corrected chi connectivity index (χ2v) is 5.90. The number of hydrogen-bond acceptors (Lipinski definition) is 4. The molecule has 3 heterocycles. The topological polar surface area (TPSA) is 52.8 Å². The van der Waals surface area contributed by atoms with Gasteiger partial charge in [0.05, 0.1) is 18.3 Å². The first-order valence-electron chi connectivity index (χ1n) is 8.23. The summed E-state index contributed by atoms with van der Waals surface area (Å²) in [5.41, 5.74) is 2.04. The van der Waals surface area contributed by atoms with Crippen LogP contribution >= 0.6 is 0 Å². The number of imidazole rings is 1. The SMILES string of the molecule is C[C@@H](Cn1ccnc1-c1ccnc2ccccc12)Oc1cccnc1.